The number of anilines is 1. The highest BCUT2D eigenvalue weighted by molar-refractivity contribution is 5.47. The first-order chi connectivity index (χ1) is 8.29. The van der Waals surface area contributed by atoms with Crippen molar-refractivity contribution in [3.63, 3.8) is 0 Å². The number of nitrogens with one attached hydrogen (secondary N) is 1. The summed E-state index contributed by atoms with van der Waals surface area (Å²) in [6.07, 6.45) is 7.94. The third-order valence-electron chi connectivity index (χ3n) is 3.12. The van der Waals surface area contributed by atoms with Gasteiger partial charge in [-0.2, -0.15) is 0 Å². The highest BCUT2D eigenvalue weighted by atomic mass is 19.1. The molecule has 92 valence electrons. The summed E-state index contributed by atoms with van der Waals surface area (Å²) in [6.45, 7) is 0.899. The number of allylic oxidation sites excluding steroid dienone is 2. The lowest BCUT2D eigenvalue weighted by molar-refractivity contribution is 0.386. The second-order valence-electron chi connectivity index (χ2n) is 4.38. The van der Waals surface area contributed by atoms with Crippen molar-refractivity contribution in [2.75, 3.05) is 19.0 Å². The van der Waals surface area contributed by atoms with Crippen molar-refractivity contribution in [2.45, 2.75) is 19.3 Å². The molecule has 1 aliphatic carbocycles. The zero-order valence-corrected chi connectivity index (χ0v) is 10.1. The summed E-state index contributed by atoms with van der Waals surface area (Å²) < 4.78 is 18.3. The molecule has 1 aromatic carbocycles. The molecule has 0 spiro atoms. The van der Waals surface area contributed by atoms with Crippen LogP contribution in [0.15, 0.2) is 30.4 Å². The van der Waals surface area contributed by atoms with Crippen molar-refractivity contribution in [1.82, 2.24) is 0 Å². The Kier molecular flexibility index (Phi) is 4.02. The lowest BCUT2D eigenvalue weighted by Gasteiger charge is -2.19. The van der Waals surface area contributed by atoms with Crippen molar-refractivity contribution in [3.05, 3.63) is 36.2 Å². The highest BCUT2D eigenvalue weighted by Crippen LogP contribution is 2.22. The number of hydrogen-bond acceptors (Lipinski definition) is 2. The van der Waals surface area contributed by atoms with E-state index in [2.05, 4.69) is 17.5 Å². The summed E-state index contributed by atoms with van der Waals surface area (Å²) in [7, 11) is 1.47. The van der Waals surface area contributed by atoms with Crippen molar-refractivity contribution in [3.8, 4) is 5.75 Å². The summed E-state index contributed by atoms with van der Waals surface area (Å²) in [5.41, 5.74) is 0.817. The molecular formula is C14H18FNO. The van der Waals surface area contributed by atoms with Crippen LogP contribution in [0.1, 0.15) is 19.3 Å². The Morgan fingerprint density at radius 3 is 2.94 bits per heavy atom. The molecule has 17 heavy (non-hydrogen) atoms. The van der Waals surface area contributed by atoms with Gasteiger partial charge in [0.05, 0.1) is 7.11 Å². The molecule has 3 heteroatoms. The van der Waals surface area contributed by atoms with E-state index >= 15 is 0 Å². The van der Waals surface area contributed by atoms with Crippen LogP contribution in [0.5, 0.6) is 5.75 Å². The average molecular weight is 235 g/mol. The van der Waals surface area contributed by atoms with E-state index < -0.39 is 0 Å². The summed E-state index contributed by atoms with van der Waals surface area (Å²) in [6, 6.07) is 4.98. The molecule has 0 bridgehead atoms. The normalized spacial score (nSPS) is 19.1. The van der Waals surface area contributed by atoms with Gasteiger partial charge >= 0.3 is 0 Å². The summed E-state index contributed by atoms with van der Waals surface area (Å²) in [4.78, 5) is 0. The summed E-state index contributed by atoms with van der Waals surface area (Å²) in [5, 5.41) is 3.28. The van der Waals surface area contributed by atoms with Gasteiger partial charge in [0.2, 0.25) is 0 Å². The second kappa shape index (κ2) is 5.71. The molecule has 0 saturated heterocycles. The van der Waals surface area contributed by atoms with E-state index in [-0.39, 0.29) is 11.6 Å². The SMILES string of the molecule is COc1ccc(NCC2CC=CCC2)cc1F. The Balaban J connectivity index is 1.90. The van der Waals surface area contributed by atoms with Crippen molar-refractivity contribution < 1.29 is 9.13 Å². The van der Waals surface area contributed by atoms with E-state index in [9.17, 15) is 4.39 Å². The molecule has 2 nitrogen and oxygen atoms in total. The van der Waals surface area contributed by atoms with Gasteiger partial charge in [0.25, 0.3) is 0 Å². The number of rotatable bonds is 4. The van der Waals surface area contributed by atoms with E-state index in [1.165, 1.54) is 19.6 Å². The van der Waals surface area contributed by atoms with Gasteiger partial charge in [-0.15, -0.1) is 0 Å². The van der Waals surface area contributed by atoms with Crippen LogP contribution in [-0.2, 0) is 0 Å². The Labute approximate surface area is 101 Å². The van der Waals surface area contributed by atoms with Crippen LogP contribution < -0.4 is 10.1 Å². The van der Waals surface area contributed by atoms with E-state index in [1.54, 1.807) is 6.07 Å². The van der Waals surface area contributed by atoms with Crippen LogP contribution in [0.2, 0.25) is 0 Å². The van der Waals surface area contributed by atoms with Crippen LogP contribution in [0.25, 0.3) is 0 Å². The molecule has 0 aromatic heterocycles. The molecule has 0 aliphatic heterocycles. The fourth-order valence-corrected chi connectivity index (χ4v) is 2.08. The zero-order chi connectivity index (χ0) is 12.1. The molecule has 0 radical (unpaired) electrons. The number of ether oxygens (including phenoxy) is 1. The maximum absolute atomic E-state index is 13.4. The van der Waals surface area contributed by atoms with E-state index in [0.29, 0.717) is 5.92 Å². The fourth-order valence-electron chi connectivity index (χ4n) is 2.08. The van der Waals surface area contributed by atoms with Crippen LogP contribution in [-0.4, -0.2) is 13.7 Å². The minimum absolute atomic E-state index is 0.288. The van der Waals surface area contributed by atoms with Crippen LogP contribution in [0.3, 0.4) is 0 Å². The van der Waals surface area contributed by atoms with E-state index in [1.807, 2.05) is 6.07 Å². The van der Waals surface area contributed by atoms with Gasteiger partial charge < -0.3 is 10.1 Å². The van der Waals surface area contributed by atoms with E-state index in [4.69, 9.17) is 4.74 Å². The van der Waals surface area contributed by atoms with Gasteiger partial charge in [-0.25, -0.2) is 4.39 Å². The molecule has 1 aliphatic rings. The summed E-state index contributed by atoms with van der Waals surface area (Å²) >= 11 is 0. The number of hydrogen-bond donors (Lipinski definition) is 1. The third kappa shape index (κ3) is 3.22. The zero-order valence-electron chi connectivity index (χ0n) is 10.1. The Morgan fingerprint density at radius 2 is 2.29 bits per heavy atom. The fraction of sp³-hybridized carbons (Fsp3) is 0.429. The molecule has 1 unspecified atom stereocenters. The smallest absolute Gasteiger partial charge is 0.167 e. The highest BCUT2D eigenvalue weighted by Gasteiger charge is 2.10. The van der Waals surface area contributed by atoms with Gasteiger partial charge in [0, 0.05) is 18.3 Å². The number of benzene rings is 1. The van der Waals surface area contributed by atoms with Gasteiger partial charge in [0.15, 0.2) is 11.6 Å². The lowest BCUT2D eigenvalue weighted by Crippen LogP contribution is -2.15. The standard InChI is InChI=1S/C14H18FNO/c1-17-14-8-7-12(9-13(14)15)16-10-11-5-3-2-4-6-11/h2-3,7-9,11,16H,4-6,10H2,1H3. The maximum atomic E-state index is 13.4. The van der Waals surface area contributed by atoms with Crippen LogP contribution in [0.4, 0.5) is 10.1 Å². The lowest BCUT2D eigenvalue weighted by atomic mass is 9.94. The van der Waals surface area contributed by atoms with Gasteiger partial charge in [-0.05, 0) is 37.3 Å². The monoisotopic (exact) mass is 235 g/mol. The van der Waals surface area contributed by atoms with Gasteiger partial charge in [0.1, 0.15) is 0 Å². The van der Waals surface area contributed by atoms with Gasteiger partial charge in [-0.1, -0.05) is 12.2 Å². The van der Waals surface area contributed by atoms with Crippen LogP contribution in [0, 0.1) is 11.7 Å². The molecule has 1 atom stereocenters. The molecule has 0 saturated carbocycles. The average Bonchev–Trinajstić information content (AvgIpc) is 2.38. The molecule has 1 N–H and O–H groups in total. The van der Waals surface area contributed by atoms with Crippen molar-refractivity contribution in [2.24, 2.45) is 5.92 Å². The Hall–Kier alpha value is -1.51. The molecule has 0 amide bonds. The van der Waals surface area contributed by atoms with Crippen molar-refractivity contribution >= 4 is 5.69 Å². The van der Waals surface area contributed by atoms with Gasteiger partial charge in [-0.3, -0.25) is 0 Å². The molecule has 2 rings (SSSR count). The van der Waals surface area contributed by atoms with Crippen molar-refractivity contribution in [1.29, 1.82) is 0 Å². The minimum Gasteiger partial charge on any atom is -0.494 e. The Bertz CT molecular complexity index is 403. The summed E-state index contributed by atoms with van der Waals surface area (Å²) in [5.74, 6) is 0.627. The molecule has 0 fully saturated rings. The maximum Gasteiger partial charge on any atom is 0.167 e. The number of halogens is 1. The minimum atomic E-state index is -0.318. The predicted molar refractivity (Wildman–Crippen MR) is 67.9 cm³/mol. The first-order valence-electron chi connectivity index (χ1n) is 6.02. The first-order valence-corrected chi connectivity index (χ1v) is 6.02. The second-order valence-corrected chi connectivity index (χ2v) is 4.38. The molecule has 1 aromatic rings. The van der Waals surface area contributed by atoms with E-state index in [0.717, 1.165) is 25.1 Å². The largest absolute Gasteiger partial charge is 0.494 e. The first kappa shape index (κ1) is 12.0. The third-order valence-corrected chi connectivity index (χ3v) is 3.12. The molecule has 0 heterocycles. The predicted octanol–water partition coefficient (Wildman–Crippen LogP) is 3.60. The topological polar surface area (TPSA) is 21.3 Å². The number of methoxy groups -OCH3 is 1. The van der Waals surface area contributed by atoms with Crippen LogP contribution >= 0.6 is 0 Å². The molecular weight excluding hydrogens is 217 g/mol. The Morgan fingerprint density at radius 1 is 1.41 bits per heavy atom. The quantitative estimate of drug-likeness (QED) is 0.805.